The summed E-state index contributed by atoms with van der Waals surface area (Å²) in [6, 6.07) is 6.55. The van der Waals surface area contributed by atoms with Crippen molar-refractivity contribution in [2.45, 2.75) is 24.8 Å². The van der Waals surface area contributed by atoms with Crippen molar-refractivity contribution in [2.75, 3.05) is 20.0 Å². The van der Waals surface area contributed by atoms with Gasteiger partial charge in [0.05, 0.1) is 19.6 Å². The molecule has 1 aliphatic rings. The highest BCUT2D eigenvalue weighted by Gasteiger charge is 2.26. The van der Waals surface area contributed by atoms with Gasteiger partial charge in [-0.05, 0) is 24.6 Å². The van der Waals surface area contributed by atoms with Gasteiger partial charge in [0.25, 0.3) is 0 Å². The summed E-state index contributed by atoms with van der Waals surface area (Å²) in [5.41, 5.74) is 1.17. The molecule has 1 heterocycles. The summed E-state index contributed by atoms with van der Waals surface area (Å²) < 4.78 is 10.7. The Morgan fingerprint density at radius 1 is 1.35 bits per heavy atom. The van der Waals surface area contributed by atoms with Crippen LogP contribution in [0.3, 0.4) is 0 Å². The van der Waals surface area contributed by atoms with Crippen LogP contribution >= 0.6 is 11.8 Å². The Morgan fingerprint density at radius 2 is 2.18 bits per heavy atom. The number of hydrogen-bond donors (Lipinski definition) is 1. The topological polar surface area (TPSA) is 30.5 Å². The Kier molecular flexibility index (Phi) is 4.18. The molecule has 1 aromatic rings. The molecule has 1 aliphatic heterocycles. The first-order valence-electron chi connectivity index (χ1n) is 5.88. The van der Waals surface area contributed by atoms with E-state index in [0.717, 1.165) is 23.7 Å². The average molecular weight is 253 g/mol. The highest BCUT2D eigenvalue weighted by Crippen LogP contribution is 2.39. The summed E-state index contributed by atoms with van der Waals surface area (Å²) in [6.45, 7) is 2.21. The van der Waals surface area contributed by atoms with E-state index in [1.807, 2.05) is 23.9 Å². The summed E-state index contributed by atoms with van der Waals surface area (Å²) in [7, 11) is 3.40. The summed E-state index contributed by atoms with van der Waals surface area (Å²) in [5, 5.41) is 3.92. The van der Waals surface area contributed by atoms with Gasteiger partial charge in [-0.3, -0.25) is 5.32 Å². The van der Waals surface area contributed by atoms with Crippen LogP contribution in [0.5, 0.6) is 11.5 Å². The molecule has 0 saturated carbocycles. The minimum absolute atomic E-state index is 0.310. The first-order valence-corrected chi connectivity index (χ1v) is 6.93. The number of nitrogens with one attached hydrogen (secondary N) is 1. The molecule has 2 unspecified atom stereocenters. The van der Waals surface area contributed by atoms with Crippen LogP contribution in [0.25, 0.3) is 0 Å². The number of thioether (sulfide) groups is 1. The third kappa shape index (κ3) is 2.69. The third-order valence-corrected chi connectivity index (χ3v) is 4.38. The largest absolute Gasteiger partial charge is 0.497 e. The van der Waals surface area contributed by atoms with E-state index >= 15 is 0 Å². The van der Waals surface area contributed by atoms with Crippen LogP contribution in [-0.4, -0.2) is 26.0 Å². The molecule has 94 valence electrons. The number of hydrogen-bond acceptors (Lipinski definition) is 4. The number of methoxy groups -OCH3 is 2. The van der Waals surface area contributed by atoms with Gasteiger partial charge in [-0.1, -0.05) is 6.92 Å². The molecule has 0 amide bonds. The SMILES string of the molecule is CCC1CSC(c2cc(OC)ccc2OC)N1. The quantitative estimate of drug-likeness (QED) is 0.894. The van der Waals surface area contributed by atoms with Gasteiger partial charge in [-0.2, -0.15) is 0 Å². The molecular weight excluding hydrogens is 234 g/mol. The van der Waals surface area contributed by atoms with E-state index in [0.29, 0.717) is 11.4 Å². The van der Waals surface area contributed by atoms with Gasteiger partial charge >= 0.3 is 0 Å². The Morgan fingerprint density at radius 3 is 2.76 bits per heavy atom. The van der Waals surface area contributed by atoms with Gasteiger partial charge in [-0.15, -0.1) is 11.8 Å². The van der Waals surface area contributed by atoms with Gasteiger partial charge in [0, 0.05) is 17.4 Å². The predicted molar refractivity (Wildman–Crippen MR) is 72.0 cm³/mol. The van der Waals surface area contributed by atoms with E-state index in [1.54, 1.807) is 14.2 Å². The number of rotatable bonds is 4. The van der Waals surface area contributed by atoms with Crippen molar-refractivity contribution >= 4 is 11.8 Å². The fourth-order valence-corrected chi connectivity index (χ4v) is 3.39. The number of ether oxygens (including phenoxy) is 2. The Balaban J connectivity index is 2.24. The lowest BCUT2D eigenvalue weighted by atomic mass is 10.1. The maximum Gasteiger partial charge on any atom is 0.124 e. The molecule has 2 atom stereocenters. The van der Waals surface area contributed by atoms with Crippen LogP contribution in [0.1, 0.15) is 24.3 Å². The van der Waals surface area contributed by atoms with Gasteiger partial charge < -0.3 is 9.47 Å². The highest BCUT2D eigenvalue weighted by molar-refractivity contribution is 7.99. The third-order valence-electron chi connectivity index (χ3n) is 3.06. The van der Waals surface area contributed by atoms with E-state index in [9.17, 15) is 0 Å². The second-order valence-electron chi connectivity index (χ2n) is 4.09. The molecule has 0 spiro atoms. The maximum absolute atomic E-state index is 5.42. The average Bonchev–Trinajstić information content (AvgIpc) is 2.86. The summed E-state index contributed by atoms with van der Waals surface area (Å²) in [4.78, 5) is 0. The fraction of sp³-hybridized carbons (Fsp3) is 0.538. The monoisotopic (exact) mass is 253 g/mol. The molecular formula is C13H19NO2S. The van der Waals surface area contributed by atoms with Gasteiger partial charge in [0.1, 0.15) is 11.5 Å². The molecule has 4 heteroatoms. The van der Waals surface area contributed by atoms with Crippen molar-refractivity contribution < 1.29 is 9.47 Å². The molecule has 1 N–H and O–H groups in total. The van der Waals surface area contributed by atoms with Crippen LogP contribution in [-0.2, 0) is 0 Å². The maximum atomic E-state index is 5.42. The molecule has 0 aromatic heterocycles. The smallest absolute Gasteiger partial charge is 0.124 e. The molecule has 3 nitrogen and oxygen atoms in total. The van der Waals surface area contributed by atoms with E-state index < -0.39 is 0 Å². The molecule has 0 bridgehead atoms. The Labute approximate surface area is 107 Å². The minimum Gasteiger partial charge on any atom is -0.497 e. The lowest BCUT2D eigenvalue weighted by molar-refractivity contribution is 0.396. The molecule has 2 rings (SSSR count). The van der Waals surface area contributed by atoms with Crippen LogP contribution in [0, 0.1) is 0 Å². The van der Waals surface area contributed by atoms with Crippen molar-refractivity contribution in [1.29, 1.82) is 0 Å². The summed E-state index contributed by atoms with van der Waals surface area (Å²) in [5.74, 6) is 2.96. The van der Waals surface area contributed by atoms with Crippen LogP contribution in [0.15, 0.2) is 18.2 Å². The fourth-order valence-electron chi connectivity index (χ4n) is 1.98. The molecule has 1 fully saturated rings. The molecule has 1 aromatic carbocycles. The van der Waals surface area contributed by atoms with Crippen LogP contribution < -0.4 is 14.8 Å². The lowest BCUT2D eigenvalue weighted by Gasteiger charge is -2.16. The normalized spacial score (nSPS) is 23.7. The number of benzene rings is 1. The van der Waals surface area contributed by atoms with Gasteiger partial charge in [-0.25, -0.2) is 0 Å². The van der Waals surface area contributed by atoms with E-state index in [4.69, 9.17) is 9.47 Å². The molecule has 17 heavy (non-hydrogen) atoms. The van der Waals surface area contributed by atoms with E-state index in [2.05, 4.69) is 18.3 Å². The van der Waals surface area contributed by atoms with Crippen molar-refractivity contribution in [1.82, 2.24) is 5.32 Å². The minimum atomic E-state index is 0.310. The molecule has 0 radical (unpaired) electrons. The zero-order chi connectivity index (χ0) is 12.3. The summed E-state index contributed by atoms with van der Waals surface area (Å²) >= 11 is 1.93. The van der Waals surface area contributed by atoms with Crippen LogP contribution in [0.4, 0.5) is 0 Å². The standard InChI is InChI=1S/C13H19NO2S/c1-4-9-8-17-13(14-9)11-7-10(15-2)5-6-12(11)16-3/h5-7,9,13-14H,4,8H2,1-3H3. The zero-order valence-electron chi connectivity index (χ0n) is 10.5. The van der Waals surface area contributed by atoms with Crippen LogP contribution in [0.2, 0.25) is 0 Å². The first-order chi connectivity index (χ1) is 8.28. The van der Waals surface area contributed by atoms with Gasteiger partial charge in [0.2, 0.25) is 0 Å². The van der Waals surface area contributed by atoms with Crippen molar-refractivity contribution in [3.63, 3.8) is 0 Å². The molecule has 1 saturated heterocycles. The molecule has 0 aliphatic carbocycles. The summed E-state index contributed by atoms with van der Waals surface area (Å²) in [6.07, 6.45) is 1.16. The van der Waals surface area contributed by atoms with Crippen molar-refractivity contribution in [3.8, 4) is 11.5 Å². The van der Waals surface area contributed by atoms with Gasteiger partial charge in [0.15, 0.2) is 0 Å². The van der Waals surface area contributed by atoms with E-state index in [1.165, 1.54) is 5.56 Å². The zero-order valence-corrected chi connectivity index (χ0v) is 11.3. The predicted octanol–water partition coefficient (Wildman–Crippen LogP) is 2.82. The second kappa shape index (κ2) is 5.65. The Bertz CT molecular complexity index is 384. The first kappa shape index (κ1) is 12.6. The lowest BCUT2D eigenvalue weighted by Crippen LogP contribution is -2.24. The van der Waals surface area contributed by atoms with Crippen molar-refractivity contribution in [2.24, 2.45) is 0 Å². The Hall–Kier alpha value is -0.870. The van der Waals surface area contributed by atoms with E-state index in [-0.39, 0.29) is 0 Å². The van der Waals surface area contributed by atoms with Crippen molar-refractivity contribution in [3.05, 3.63) is 23.8 Å². The highest BCUT2D eigenvalue weighted by atomic mass is 32.2. The second-order valence-corrected chi connectivity index (χ2v) is 5.23.